The van der Waals surface area contributed by atoms with Crippen molar-refractivity contribution in [3.05, 3.63) is 10.8 Å². The molecule has 17 heavy (non-hydrogen) atoms. The van der Waals surface area contributed by atoms with Crippen LogP contribution in [0.25, 0.3) is 0 Å². The van der Waals surface area contributed by atoms with Crippen LogP contribution >= 0.6 is 15.9 Å². The minimum atomic E-state index is 0.378. The van der Waals surface area contributed by atoms with Gasteiger partial charge in [0.25, 0.3) is 0 Å². The molecule has 1 aliphatic rings. The quantitative estimate of drug-likeness (QED) is 0.758. The van der Waals surface area contributed by atoms with Crippen molar-refractivity contribution in [2.24, 2.45) is 0 Å². The molecule has 0 unspecified atom stereocenters. The standard InChI is InChI=1S/C12H19BrN2O2/c1-16-8-4-7-15-12(13)11(9-14-15)17-10-5-2-3-6-10/h9-10H,2-8H2,1H3. The predicted molar refractivity (Wildman–Crippen MR) is 69.3 cm³/mol. The van der Waals surface area contributed by atoms with E-state index in [1.54, 1.807) is 13.3 Å². The van der Waals surface area contributed by atoms with E-state index in [2.05, 4.69) is 21.0 Å². The van der Waals surface area contributed by atoms with Crippen LogP contribution in [0.4, 0.5) is 0 Å². The van der Waals surface area contributed by atoms with E-state index >= 15 is 0 Å². The maximum absolute atomic E-state index is 5.93. The highest BCUT2D eigenvalue weighted by molar-refractivity contribution is 9.10. The van der Waals surface area contributed by atoms with Crippen molar-refractivity contribution < 1.29 is 9.47 Å². The molecule has 2 rings (SSSR count). The number of methoxy groups -OCH3 is 1. The first kappa shape index (κ1) is 12.9. The lowest BCUT2D eigenvalue weighted by atomic mass is 10.3. The van der Waals surface area contributed by atoms with Gasteiger partial charge >= 0.3 is 0 Å². The van der Waals surface area contributed by atoms with Crippen molar-refractivity contribution in [1.29, 1.82) is 0 Å². The van der Waals surface area contributed by atoms with Crippen molar-refractivity contribution in [1.82, 2.24) is 9.78 Å². The van der Waals surface area contributed by atoms with Gasteiger partial charge in [0, 0.05) is 20.3 Å². The Labute approximate surface area is 110 Å². The lowest BCUT2D eigenvalue weighted by Gasteiger charge is -2.11. The maximum atomic E-state index is 5.93. The summed E-state index contributed by atoms with van der Waals surface area (Å²) < 4.78 is 13.8. The Morgan fingerprint density at radius 1 is 1.47 bits per heavy atom. The minimum Gasteiger partial charge on any atom is -0.486 e. The van der Waals surface area contributed by atoms with Crippen LogP contribution in [0, 0.1) is 0 Å². The largest absolute Gasteiger partial charge is 0.486 e. The first-order valence-electron chi connectivity index (χ1n) is 6.18. The lowest BCUT2D eigenvalue weighted by Crippen LogP contribution is -2.11. The molecule has 0 spiro atoms. The predicted octanol–water partition coefficient (Wildman–Crippen LogP) is 3.00. The van der Waals surface area contributed by atoms with Crippen LogP contribution in [0.1, 0.15) is 32.1 Å². The van der Waals surface area contributed by atoms with E-state index < -0.39 is 0 Å². The third kappa shape index (κ3) is 3.45. The molecule has 0 aromatic carbocycles. The van der Waals surface area contributed by atoms with E-state index in [1.807, 2.05) is 4.68 Å². The third-order valence-corrected chi connectivity index (χ3v) is 3.86. The zero-order valence-corrected chi connectivity index (χ0v) is 11.8. The number of halogens is 1. The molecule has 0 N–H and O–H groups in total. The highest BCUT2D eigenvalue weighted by atomic mass is 79.9. The SMILES string of the molecule is COCCCn1ncc(OC2CCCC2)c1Br. The molecule has 0 radical (unpaired) electrons. The van der Waals surface area contributed by atoms with Crippen LogP contribution in [-0.2, 0) is 11.3 Å². The van der Waals surface area contributed by atoms with Crippen LogP contribution in [0.3, 0.4) is 0 Å². The second-order valence-corrected chi connectivity index (χ2v) is 5.14. The van der Waals surface area contributed by atoms with E-state index in [0.717, 1.165) is 29.9 Å². The monoisotopic (exact) mass is 302 g/mol. The Balaban J connectivity index is 1.89. The maximum Gasteiger partial charge on any atom is 0.172 e. The molecule has 0 aliphatic heterocycles. The zero-order valence-electron chi connectivity index (χ0n) is 10.2. The average molecular weight is 303 g/mol. The van der Waals surface area contributed by atoms with Crippen molar-refractivity contribution >= 4 is 15.9 Å². The number of rotatable bonds is 6. The number of hydrogen-bond donors (Lipinski definition) is 0. The summed E-state index contributed by atoms with van der Waals surface area (Å²) in [6, 6.07) is 0. The van der Waals surface area contributed by atoms with Crippen molar-refractivity contribution in [2.45, 2.75) is 44.8 Å². The van der Waals surface area contributed by atoms with Gasteiger partial charge in [-0.2, -0.15) is 5.10 Å². The van der Waals surface area contributed by atoms with Gasteiger partial charge in [0.15, 0.2) is 5.75 Å². The summed E-state index contributed by atoms with van der Waals surface area (Å²) in [6.45, 7) is 1.60. The van der Waals surface area contributed by atoms with E-state index in [0.29, 0.717) is 6.10 Å². The summed E-state index contributed by atoms with van der Waals surface area (Å²) >= 11 is 3.55. The van der Waals surface area contributed by atoms with Gasteiger partial charge in [0.1, 0.15) is 4.60 Å². The topological polar surface area (TPSA) is 36.3 Å². The first-order valence-corrected chi connectivity index (χ1v) is 6.97. The van der Waals surface area contributed by atoms with Gasteiger partial charge in [0.2, 0.25) is 0 Å². The molecule has 0 amide bonds. The first-order chi connectivity index (χ1) is 8.31. The number of ether oxygens (including phenoxy) is 2. The molecule has 0 bridgehead atoms. The second kappa shape index (κ2) is 6.40. The van der Waals surface area contributed by atoms with Gasteiger partial charge in [0.05, 0.1) is 12.3 Å². The summed E-state index contributed by atoms with van der Waals surface area (Å²) in [4.78, 5) is 0. The summed E-state index contributed by atoms with van der Waals surface area (Å²) in [5.41, 5.74) is 0. The Hall–Kier alpha value is -0.550. The van der Waals surface area contributed by atoms with Crippen LogP contribution in [0.15, 0.2) is 10.8 Å². The molecule has 5 heteroatoms. The smallest absolute Gasteiger partial charge is 0.172 e. The normalized spacial score (nSPS) is 16.6. The van der Waals surface area contributed by atoms with E-state index in [4.69, 9.17) is 9.47 Å². The van der Waals surface area contributed by atoms with Gasteiger partial charge in [-0.3, -0.25) is 4.68 Å². The third-order valence-electron chi connectivity index (χ3n) is 3.06. The molecule has 4 nitrogen and oxygen atoms in total. The highest BCUT2D eigenvalue weighted by Gasteiger charge is 2.19. The summed E-state index contributed by atoms with van der Waals surface area (Å²) in [5.74, 6) is 0.870. The number of aryl methyl sites for hydroxylation is 1. The van der Waals surface area contributed by atoms with E-state index in [-0.39, 0.29) is 0 Å². The average Bonchev–Trinajstić information content (AvgIpc) is 2.94. The van der Waals surface area contributed by atoms with Gasteiger partial charge < -0.3 is 9.47 Å². The molecule has 1 aromatic rings. The Morgan fingerprint density at radius 2 is 2.24 bits per heavy atom. The number of nitrogens with zero attached hydrogens (tertiary/aromatic N) is 2. The molecule has 1 fully saturated rings. The lowest BCUT2D eigenvalue weighted by molar-refractivity contribution is 0.188. The van der Waals surface area contributed by atoms with Gasteiger partial charge in [-0.15, -0.1) is 0 Å². The minimum absolute atomic E-state index is 0.378. The van der Waals surface area contributed by atoms with E-state index in [9.17, 15) is 0 Å². The van der Waals surface area contributed by atoms with Gasteiger partial charge in [-0.25, -0.2) is 0 Å². The Kier molecular flexibility index (Phi) is 4.86. The summed E-state index contributed by atoms with van der Waals surface area (Å²) in [5, 5.41) is 4.32. The molecule has 1 aromatic heterocycles. The molecular formula is C12H19BrN2O2. The molecular weight excluding hydrogens is 284 g/mol. The second-order valence-electron chi connectivity index (χ2n) is 4.39. The van der Waals surface area contributed by atoms with Crippen LogP contribution in [-0.4, -0.2) is 29.6 Å². The van der Waals surface area contributed by atoms with Crippen molar-refractivity contribution in [3.63, 3.8) is 0 Å². The van der Waals surface area contributed by atoms with Crippen molar-refractivity contribution in [2.75, 3.05) is 13.7 Å². The van der Waals surface area contributed by atoms with Crippen LogP contribution in [0.5, 0.6) is 5.75 Å². The summed E-state index contributed by atoms with van der Waals surface area (Å²) in [6.07, 6.45) is 8.04. The highest BCUT2D eigenvalue weighted by Crippen LogP contribution is 2.29. The Bertz CT molecular complexity index is 348. The molecule has 96 valence electrons. The number of hydrogen-bond acceptors (Lipinski definition) is 3. The fraction of sp³-hybridized carbons (Fsp3) is 0.750. The van der Waals surface area contributed by atoms with Crippen LogP contribution in [0.2, 0.25) is 0 Å². The van der Waals surface area contributed by atoms with Gasteiger partial charge in [-0.1, -0.05) is 0 Å². The molecule has 1 saturated carbocycles. The van der Waals surface area contributed by atoms with Crippen molar-refractivity contribution in [3.8, 4) is 5.75 Å². The number of aromatic nitrogens is 2. The fourth-order valence-corrected chi connectivity index (χ4v) is 2.60. The molecule has 0 atom stereocenters. The van der Waals surface area contributed by atoms with Gasteiger partial charge in [-0.05, 0) is 48.0 Å². The molecule has 1 aliphatic carbocycles. The zero-order chi connectivity index (χ0) is 12.1. The fourth-order valence-electron chi connectivity index (χ4n) is 2.13. The Morgan fingerprint density at radius 3 is 2.94 bits per heavy atom. The van der Waals surface area contributed by atoms with E-state index in [1.165, 1.54) is 25.7 Å². The van der Waals surface area contributed by atoms with Crippen LogP contribution < -0.4 is 4.74 Å². The molecule has 0 saturated heterocycles. The molecule has 1 heterocycles. The summed E-state index contributed by atoms with van der Waals surface area (Å²) in [7, 11) is 1.72.